The molecular weight excluding hydrogens is 313 g/mol. The van der Waals surface area contributed by atoms with Gasteiger partial charge in [0.15, 0.2) is 0 Å². The van der Waals surface area contributed by atoms with Crippen molar-refractivity contribution in [2.24, 2.45) is 0 Å². The first-order valence-corrected chi connectivity index (χ1v) is 8.96. The van der Waals surface area contributed by atoms with E-state index >= 15 is 0 Å². The number of alkyl halides is 2. The predicted octanol–water partition coefficient (Wildman–Crippen LogP) is -1.99. The van der Waals surface area contributed by atoms with Crippen LogP contribution in [-0.4, -0.2) is 31.5 Å². The van der Waals surface area contributed by atoms with Crippen LogP contribution in [-0.2, 0) is 10.0 Å². The lowest BCUT2D eigenvalue weighted by molar-refractivity contribution is -0.539. The Morgan fingerprint density at radius 3 is 2.21 bits per heavy atom. The molecule has 0 saturated carbocycles. The van der Waals surface area contributed by atoms with E-state index in [-0.39, 0.29) is 35.5 Å². The minimum absolute atomic E-state index is 0.104. The van der Waals surface area contributed by atoms with Crippen LogP contribution in [0.15, 0.2) is 0 Å². The second-order valence-corrected chi connectivity index (χ2v) is 10.9. The van der Waals surface area contributed by atoms with E-state index in [9.17, 15) is 8.42 Å². The number of hydrogen-bond donors (Lipinski definition) is 0. The molecule has 0 aromatic carbocycles. The Labute approximate surface area is 96.6 Å². The van der Waals surface area contributed by atoms with Crippen molar-refractivity contribution in [3.63, 3.8) is 0 Å². The molecule has 0 bridgehead atoms. The zero-order chi connectivity index (χ0) is 10.8. The van der Waals surface area contributed by atoms with Gasteiger partial charge in [0, 0.05) is 12.0 Å². The Kier molecular flexibility index (Phi) is 2.27. The van der Waals surface area contributed by atoms with Crippen molar-refractivity contribution in [1.29, 1.82) is 0 Å². The second kappa shape index (κ2) is 2.85. The van der Waals surface area contributed by atoms with E-state index in [4.69, 9.17) is 0 Å². The van der Waals surface area contributed by atoms with Crippen LogP contribution in [0, 0.1) is 0 Å². The summed E-state index contributed by atoms with van der Waals surface area (Å²) in [6, 6.07) is 0. The number of sulfonamides is 1. The predicted molar refractivity (Wildman–Crippen MR) is 52.2 cm³/mol. The quantitative estimate of drug-likeness (QED) is 0.293. The molecule has 0 unspecified atom stereocenters. The zero-order valence-electron chi connectivity index (χ0n) is 9.04. The molecule has 2 aliphatic rings. The fraction of sp³-hybridized carbons (Fsp3) is 1.00. The first kappa shape index (κ1) is 11.1. The lowest BCUT2D eigenvalue weighted by atomic mass is 10.1. The van der Waals surface area contributed by atoms with Crippen LogP contribution >= 0.6 is 0 Å². The van der Waals surface area contributed by atoms with Gasteiger partial charge in [-0.3, -0.25) is 0 Å². The van der Waals surface area contributed by atoms with Crippen LogP contribution in [0.2, 0.25) is 0 Å². The maximum Gasteiger partial charge on any atom is 0.305 e. The SMILES string of the molecule is C[C@@H]1C[C@]2(C[I+]2)N(C(C)(C)C)S1(=O)=O. The molecule has 3 nitrogen and oxygen atoms in total. The number of nitrogens with zero attached hydrogens (tertiary/aromatic N) is 1. The van der Waals surface area contributed by atoms with E-state index in [2.05, 4.69) is 0 Å². The molecule has 0 aromatic rings. The summed E-state index contributed by atoms with van der Waals surface area (Å²) < 4.78 is 27.4. The Morgan fingerprint density at radius 2 is 1.93 bits per heavy atom. The smallest absolute Gasteiger partial charge is 0.212 e. The van der Waals surface area contributed by atoms with Crippen LogP contribution in [0.4, 0.5) is 0 Å². The van der Waals surface area contributed by atoms with E-state index in [1.165, 1.54) is 0 Å². The third-order valence-electron chi connectivity index (χ3n) is 2.78. The van der Waals surface area contributed by atoms with Gasteiger partial charge < -0.3 is 0 Å². The van der Waals surface area contributed by atoms with Gasteiger partial charge in [0.05, 0.1) is 5.25 Å². The van der Waals surface area contributed by atoms with Crippen LogP contribution in [0.5, 0.6) is 0 Å². The van der Waals surface area contributed by atoms with E-state index < -0.39 is 10.0 Å². The monoisotopic (exact) mass is 330 g/mol. The Hall–Kier alpha value is 0.640. The molecule has 2 heterocycles. The standard InChI is InChI=1S/C9H17INO2S/c1-7-5-9(6-10-9)11(8(2,3)4)14(7,12)13/h7H,5-6H2,1-4H3/q+1/t7-,9-/m1/s1. The van der Waals surface area contributed by atoms with Crippen LogP contribution in [0.25, 0.3) is 0 Å². The van der Waals surface area contributed by atoms with Crippen molar-refractivity contribution in [1.82, 2.24) is 4.31 Å². The molecule has 2 atom stereocenters. The van der Waals surface area contributed by atoms with E-state index in [0.29, 0.717) is 0 Å². The highest BCUT2D eigenvalue weighted by molar-refractivity contribution is 7.90. The van der Waals surface area contributed by atoms with Gasteiger partial charge in [-0.05, 0) is 27.7 Å². The number of rotatable bonds is 0. The van der Waals surface area contributed by atoms with Gasteiger partial charge in [-0.1, -0.05) is 0 Å². The molecule has 2 fully saturated rings. The van der Waals surface area contributed by atoms with Gasteiger partial charge in [-0.15, -0.1) is 4.31 Å². The third kappa shape index (κ3) is 1.43. The maximum absolute atomic E-state index is 12.1. The van der Waals surface area contributed by atoms with Crippen molar-refractivity contribution in [2.45, 2.75) is 48.5 Å². The van der Waals surface area contributed by atoms with E-state index in [0.717, 1.165) is 10.8 Å². The molecule has 0 N–H and O–H groups in total. The topological polar surface area (TPSA) is 37.4 Å². The largest absolute Gasteiger partial charge is 0.305 e. The average Bonchev–Trinajstić information content (AvgIpc) is 2.60. The minimum atomic E-state index is -3.01. The molecule has 82 valence electrons. The van der Waals surface area contributed by atoms with Crippen LogP contribution < -0.4 is 21.2 Å². The molecule has 1 spiro atoms. The highest BCUT2D eigenvalue weighted by atomic mass is 127. The highest BCUT2D eigenvalue weighted by Crippen LogP contribution is 2.38. The molecule has 0 aliphatic carbocycles. The summed E-state index contributed by atoms with van der Waals surface area (Å²) >= 11 is 0.104. The fourth-order valence-corrected chi connectivity index (χ4v) is 9.30. The zero-order valence-corrected chi connectivity index (χ0v) is 12.0. The minimum Gasteiger partial charge on any atom is -0.212 e. The van der Waals surface area contributed by atoms with Gasteiger partial charge in [-0.2, -0.15) is 0 Å². The van der Waals surface area contributed by atoms with Gasteiger partial charge in [0.2, 0.25) is 14.5 Å². The molecule has 5 heteroatoms. The van der Waals surface area contributed by atoms with Crippen LogP contribution in [0.1, 0.15) is 34.1 Å². The summed E-state index contributed by atoms with van der Waals surface area (Å²) in [4.78, 5) is 0. The fourth-order valence-electron chi connectivity index (χ4n) is 2.31. The van der Waals surface area contributed by atoms with Gasteiger partial charge in [0.25, 0.3) is 3.55 Å². The van der Waals surface area contributed by atoms with Gasteiger partial charge in [0.1, 0.15) is 0 Å². The first-order valence-electron chi connectivity index (χ1n) is 4.85. The number of hydrogen-bond acceptors (Lipinski definition) is 2. The van der Waals surface area contributed by atoms with Crippen molar-refractivity contribution in [3.8, 4) is 0 Å². The van der Waals surface area contributed by atoms with Crippen molar-refractivity contribution >= 4 is 10.0 Å². The maximum atomic E-state index is 12.1. The lowest BCUT2D eigenvalue weighted by Gasteiger charge is -2.30. The molecule has 0 amide bonds. The molecule has 2 aliphatic heterocycles. The summed E-state index contributed by atoms with van der Waals surface area (Å²) in [7, 11) is -3.01. The average molecular weight is 330 g/mol. The van der Waals surface area contributed by atoms with Crippen molar-refractivity contribution in [3.05, 3.63) is 0 Å². The molecule has 2 saturated heterocycles. The summed E-state index contributed by atoms with van der Waals surface area (Å²) in [5, 5.41) is -0.163. The van der Waals surface area contributed by atoms with Crippen molar-refractivity contribution in [2.75, 3.05) is 4.43 Å². The molecule has 2 rings (SSSR count). The normalized spacial score (nSPS) is 41.9. The lowest BCUT2D eigenvalue weighted by Crippen LogP contribution is -3.51. The summed E-state index contributed by atoms with van der Waals surface area (Å²) in [5.74, 6) is 0. The summed E-state index contributed by atoms with van der Waals surface area (Å²) in [6.07, 6.45) is 0.875. The first-order chi connectivity index (χ1) is 6.20. The van der Waals surface area contributed by atoms with E-state index in [1.54, 1.807) is 0 Å². The number of halogens is 1. The Bertz CT molecular complexity index is 353. The van der Waals surface area contributed by atoms with Gasteiger partial charge >= 0.3 is 21.2 Å². The Balaban J connectivity index is 2.47. The van der Waals surface area contributed by atoms with Crippen LogP contribution in [0.3, 0.4) is 0 Å². The third-order valence-corrected chi connectivity index (χ3v) is 9.14. The molecular formula is C9H17INO2S+. The second-order valence-electron chi connectivity index (χ2n) is 5.18. The summed E-state index contributed by atoms with van der Waals surface area (Å²) in [5.41, 5.74) is -0.236. The highest BCUT2D eigenvalue weighted by Gasteiger charge is 2.77. The summed E-state index contributed by atoms with van der Waals surface area (Å²) in [6.45, 7) is 7.87. The molecule has 0 radical (unpaired) electrons. The molecule has 0 aromatic heterocycles. The molecule has 14 heavy (non-hydrogen) atoms. The van der Waals surface area contributed by atoms with Gasteiger partial charge in [-0.25, -0.2) is 8.42 Å². The van der Waals surface area contributed by atoms with E-state index in [1.807, 2.05) is 32.0 Å². The van der Waals surface area contributed by atoms with Crippen molar-refractivity contribution < 1.29 is 29.6 Å². The Morgan fingerprint density at radius 1 is 1.43 bits per heavy atom.